The Labute approximate surface area is 139 Å². The van der Waals surface area contributed by atoms with Crippen LogP contribution in [-0.4, -0.2) is 17.6 Å². The van der Waals surface area contributed by atoms with Gasteiger partial charge in [0.1, 0.15) is 0 Å². The van der Waals surface area contributed by atoms with E-state index in [9.17, 15) is 4.79 Å². The molecule has 4 nitrogen and oxygen atoms in total. The second-order valence-corrected chi connectivity index (χ2v) is 6.48. The fourth-order valence-electron chi connectivity index (χ4n) is 1.94. The smallest absolute Gasteiger partial charge is 0.239 e. The highest BCUT2D eigenvalue weighted by Gasteiger charge is 2.06. The molecule has 1 aromatic heterocycles. The second kappa shape index (κ2) is 8.17. The van der Waals surface area contributed by atoms with Crippen LogP contribution in [0.15, 0.2) is 30.3 Å². The number of carbonyl (C=O) groups excluding carboxylic acids is 1. The molecule has 1 amide bonds. The van der Waals surface area contributed by atoms with Crippen molar-refractivity contribution in [2.24, 2.45) is 0 Å². The van der Waals surface area contributed by atoms with Crippen LogP contribution in [0.2, 0.25) is 5.02 Å². The third-order valence-corrected chi connectivity index (χ3v) is 4.74. The molecule has 0 saturated carbocycles. The minimum Gasteiger partial charge on any atom is -0.392 e. The SMILES string of the molecule is CCc1ccc(CNC(=O)CNc2cc(CO)ccc2Cl)s1. The first kappa shape index (κ1) is 16.8. The molecule has 2 aromatic rings. The predicted octanol–water partition coefficient (Wildman–Crippen LogP) is 3.18. The molecule has 0 radical (unpaired) electrons. The molecule has 1 aromatic carbocycles. The van der Waals surface area contributed by atoms with Crippen molar-refractivity contribution in [3.8, 4) is 0 Å². The van der Waals surface area contributed by atoms with E-state index in [1.807, 2.05) is 6.07 Å². The van der Waals surface area contributed by atoms with Gasteiger partial charge in [-0.2, -0.15) is 0 Å². The van der Waals surface area contributed by atoms with E-state index in [1.54, 1.807) is 29.5 Å². The Hall–Kier alpha value is -1.56. The number of halogens is 1. The highest BCUT2D eigenvalue weighted by molar-refractivity contribution is 7.11. The van der Waals surface area contributed by atoms with Crippen LogP contribution in [0.4, 0.5) is 5.69 Å². The number of carbonyl (C=O) groups is 1. The lowest BCUT2D eigenvalue weighted by atomic mass is 10.2. The second-order valence-electron chi connectivity index (χ2n) is 4.82. The van der Waals surface area contributed by atoms with Crippen LogP contribution in [0.5, 0.6) is 0 Å². The van der Waals surface area contributed by atoms with E-state index < -0.39 is 0 Å². The van der Waals surface area contributed by atoms with Crippen LogP contribution in [0.1, 0.15) is 22.2 Å². The van der Waals surface area contributed by atoms with Crippen molar-refractivity contribution in [3.05, 3.63) is 50.7 Å². The minimum absolute atomic E-state index is 0.0593. The molecule has 0 aliphatic rings. The monoisotopic (exact) mass is 338 g/mol. The van der Waals surface area contributed by atoms with E-state index >= 15 is 0 Å². The molecule has 1 heterocycles. The first-order valence-electron chi connectivity index (χ1n) is 7.09. The molecule has 22 heavy (non-hydrogen) atoms. The molecule has 0 bridgehead atoms. The number of hydrogen-bond donors (Lipinski definition) is 3. The first-order chi connectivity index (χ1) is 10.6. The number of rotatable bonds is 7. The molecule has 0 fully saturated rings. The minimum atomic E-state index is -0.100. The average Bonchev–Trinajstić information content (AvgIpc) is 3.00. The summed E-state index contributed by atoms with van der Waals surface area (Å²) in [5, 5.41) is 15.5. The number of hydrogen-bond acceptors (Lipinski definition) is 4. The van der Waals surface area contributed by atoms with Gasteiger partial charge in [0.25, 0.3) is 0 Å². The summed E-state index contributed by atoms with van der Waals surface area (Å²) in [5.74, 6) is -0.100. The summed E-state index contributed by atoms with van der Waals surface area (Å²) in [5.41, 5.74) is 1.39. The van der Waals surface area contributed by atoms with Gasteiger partial charge in [0, 0.05) is 9.75 Å². The maximum absolute atomic E-state index is 11.9. The quantitative estimate of drug-likeness (QED) is 0.726. The maximum Gasteiger partial charge on any atom is 0.239 e. The molecule has 0 aliphatic carbocycles. The van der Waals surface area contributed by atoms with Crippen LogP contribution in [0.3, 0.4) is 0 Å². The van der Waals surface area contributed by atoms with Gasteiger partial charge in [0.2, 0.25) is 5.91 Å². The third kappa shape index (κ3) is 4.73. The fourth-order valence-corrected chi connectivity index (χ4v) is 3.02. The number of nitrogens with one attached hydrogen (secondary N) is 2. The predicted molar refractivity (Wildman–Crippen MR) is 91.4 cm³/mol. The van der Waals surface area contributed by atoms with E-state index in [1.165, 1.54) is 4.88 Å². The molecule has 6 heteroatoms. The summed E-state index contributed by atoms with van der Waals surface area (Å²) in [6.07, 6.45) is 1.01. The van der Waals surface area contributed by atoms with Crippen molar-refractivity contribution in [3.63, 3.8) is 0 Å². The maximum atomic E-state index is 11.9. The summed E-state index contributed by atoms with van der Waals surface area (Å²) in [6.45, 7) is 2.73. The van der Waals surface area contributed by atoms with Crippen molar-refractivity contribution in [1.82, 2.24) is 5.32 Å². The molecule has 2 rings (SSSR count). The number of benzene rings is 1. The molecular weight excluding hydrogens is 320 g/mol. The summed E-state index contributed by atoms with van der Waals surface area (Å²) in [6, 6.07) is 9.31. The lowest BCUT2D eigenvalue weighted by Crippen LogP contribution is -2.29. The van der Waals surface area contributed by atoms with Crippen LogP contribution >= 0.6 is 22.9 Å². The Balaban J connectivity index is 1.82. The topological polar surface area (TPSA) is 61.4 Å². The number of thiophene rings is 1. The van der Waals surface area contributed by atoms with E-state index in [2.05, 4.69) is 23.6 Å². The average molecular weight is 339 g/mol. The molecule has 118 valence electrons. The lowest BCUT2D eigenvalue weighted by molar-refractivity contribution is -0.119. The van der Waals surface area contributed by atoms with Gasteiger partial charge in [0.15, 0.2) is 0 Å². The Morgan fingerprint density at radius 1 is 1.27 bits per heavy atom. The van der Waals surface area contributed by atoms with Gasteiger partial charge >= 0.3 is 0 Å². The van der Waals surface area contributed by atoms with Gasteiger partial charge in [-0.05, 0) is 36.2 Å². The summed E-state index contributed by atoms with van der Waals surface area (Å²) < 4.78 is 0. The van der Waals surface area contributed by atoms with E-state index in [0.717, 1.165) is 16.9 Å². The van der Waals surface area contributed by atoms with Crippen molar-refractivity contribution >= 4 is 34.5 Å². The number of aliphatic hydroxyl groups excluding tert-OH is 1. The molecule has 0 atom stereocenters. The highest BCUT2D eigenvalue weighted by atomic mass is 35.5. The zero-order valence-electron chi connectivity index (χ0n) is 12.4. The number of aryl methyl sites for hydroxylation is 1. The summed E-state index contributed by atoms with van der Waals surface area (Å²) >= 11 is 7.77. The van der Waals surface area contributed by atoms with Gasteiger partial charge in [-0.1, -0.05) is 24.6 Å². The zero-order valence-corrected chi connectivity index (χ0v) is 13.9. The van der Waals surface area contributed by atoms with Gasteiger partial charge in [-0.25, -0.2) is 0 Å². The van der Waals surface area contributed by atoms with E-state index in [4.69, 9.17) is 16.7 Å². The van der Waals surface area contributed by atoms with Crippen LogP contribution < -0.4 is 10.6 Å². The molecule has 0 spiro atoms. The molecule has 0 unspecified atom stereocenters. The number of amides is 1. The van der Waals surface area contributed by atoms with Crippen molar-refractivity contribution in [2.45, 2.75) is 26.5 Å². The van der Waals surface area contributed by atoms with Gasteiger partial charge in [0.05, 0.1) is 30.4 Å². The van der Waals surface area contributed by atoms with Crippen LogP contribution in [0.25, 0.3) is 0 Å². The van der Waals surface area contributed by atoms with Gasteiger partial charge in [-0.15, -0.1) is 11.3 Å². The fraction of sp³-hybridized carbons (Fsp3) is 0.312. The Morgan fingerprint density at radius 3 is 2.73 bits per heavy atom. The highest BCUT2D eigenvalue weighted by Crippen LogP contribution is 2.22. The first-order valence-corrected chi connectivity index (χ1v) is 8.29. The summed E-state index contributed by atoms with van der Waals surface area (Å²) in [7, 11) is 0. The van der Waals surface area contributed by atoms with Gasteiger partial charge < -0.3 is 15.7 Å². The van der Waals surface area contributed by atoms with E-state index in [-0.39, 0.29) is 19.1 Å². The lowest BCUT2D eigenvalue weighted by Gasteiger charge is -2.10. The molecule has 3 N–H and O–H groups in total. The summed E-state index contributed by atoms with van der Waals surface area (Å²) in [4.78, 5) is 14.3. The normalized spacial score (nSPS) is 10.5. The molecular formula is C16H19ClN2O2S. The Bertz CT molecular complexity index is 643. The van der Waals surface area contributed by atoms with Gasteiger partial charge in [-0.3, -0.25) is 4.79 Å². The van der Waals surface area contributed by atoms with Crippen LogP contribution in [-0.2, 0) is 24.4 Å². The zero-order chi connectivity index (χ0) is 15.9. The third-order valence-electron chi connectivity index (χ3n) is 3.18. The Kier molecular flexibility index (Phi) is 6.24. The standard InChI is InChI=1S/C16H19ClN2O2S/c1-2-12-4-5-13(22-12)8-19-16(21)9-18-15-7-11(10-20)3-6-14(15)17/h3-7,18,20H,2,8-10H2,1H3,(H,19,21). The number of anilines is 1. The van der Waals surface area contributed by atoms with E-state index in [0.29, 0.717) is 17.3 Å². The Morgan fingerprint density at radius 2 is 2.05 bits per heavy atom. The number of aliphatic hydroxyl groups is 1. The largest absolute Gasteiger partial charge is 0.392 e. The molecule has 0 saturated heterocycles. The molecule has 0 aliphatic heterocycles. The van der Waals surface area contributed by atoms with Crippen LogP contribution in [0, 0.1) is 0 Å². The van der Waals surface area contributed by atoms with Crippen molar-refractivity contribution in [2.75, 3.05) is 11.9 Å². The van der Waals surface area contributed by atoms with Crippen molar-refractivity contribution in [1.29, 1.82) is 0 Å². The van der Waals surface area contributed by atoms with Crippen molar-refractivity contribution < 1.29 is 9.90 Å².